The van der Waals surface area contributed by atoms with Gasteiger partial charge in [-0.1, -0.05) is 79.2 Å². The van der Waals surface area contributed by atoms with Gasteiger partial charge in [-0.3, -0.25) is 4.90 Å². The largest absolute Gasteiger partial charge is 0.504 e. The SMILES string of the molecule is COc1ccc(CN(CCc2ccc(Br)cc2)Cc2ccc(C(C)(C)C)cc2)cc1O. The Hall–Kier alpha value is -2.30. The van der Waals surface area contributed by atoms with E-state index in [0.29, 0.717) is 5.75 Å². The second kappa shape index (κ2) is 10.3. The highest BCUT2D eigenvalue weighted by molar-refractivity contribution is 9.10. The molecule has 0 spiro atoms. The van der Waals surface area contributed by atoms with Gasteiger partial charge in [-0.25, -0.2) is 0 Å². The van der Waals surface area contributed by atoms with Gasteiger partial charge in [0.15, 0.2) is 11.5 Å². The maximum Gasteiger partial charge on any atom is 0.160 e. The van der Waals surface area contributed by atoms with E-state index in [-0.39, 0.29) is 11.2 Å². The van der Waals surface area contributed by atoms with Crippen molar-refractivity contribution >= 4 is 15.9 Å². The molecule has 31 heavy (non-hydrogen) atoms. The molecule has 3 rings (SSSR count). The Morgan fingerprint density at radius 3 is 2.00 bits per heavy atom. The third kappa shape index (κ3) is 6.84. The van der Waals surface area contributed by atoms with Crippen LogP contribution in [-0.4, -0.2) is 23.7 Å². The second-order valence-electron chi connectivity index (χ2n) is 9.04. The van der Waals surface area contributed by atoms with Crippen molar-refractivity contribution in [3.05, 3.63) is 93.5 Å². The number of ether oxygens (including phenoxy) is 1. The minimum atomic E-state index is 0.153. The lowest BCUT2D eigenvalue weighted by atomic mass is 9.87. The van der Waals surface area contributed by atoms with Crippen LogP contribution in [0.5, 0.6) is 11.5 Å². The summed E-state index contributed by atoms with van der Waals surface area (Å²) in [5.41, 5.74) is 5.18. The molecule has 0 heterocycles. The maximum absolute atomic E-state index is 10.2. The van der Waals surface area contributed by atoms with Gasteiger partial charge in [0.25, 0.3) is 0 Å². The highest BCUT2D eigenvalue weighted by atomic mass is 79.9. The van der Waals surface area contributed by atoms with Crippen molar-refractivity contribution in [3.8, 4) is 11.5 Å². The molecule has 164 valence electrons. The van der Waals surface area contributed by atoms with E-state index in [0.717, 1.165) is 36.1 Å². The summed E-state index contributed by atoms with van der Waals surface area (Å²) in [6, 6.07) is 23.1. The fourth-order valence-electron chi connectivity index (χ4n) is 3.61. The molecule has 3 aromatic carbocycles. The van der Waals surface area contributed by atoms with Gasteiger partial charge < -0.3 is 9.84 Å². The van der Waals surface area contributed by atoms with Crippen LogP contribution in [0.25, 0.3) is 0 Å². The molecule has 4 heteroatoms. The van der Waals surface area contributed by atoms with Crippen LogP contribution in [0.1, 0.15) is 43.0 Å². The molecule has 0 aliphatic rings. The molecule has 0 atom stereocenters. The number of hydrogen-bond acceptors (Lipinski definition) is 3. The summed E-state index contributed by atoms with van der Waals surface area (Å²) in [5, 5.41) is 10.2. The minimum Gasteiger partial charge on any atom is -0.504 e. The average Bonchev–Trinajstić information content (AvgIpc) is 2.73. The van der Waals surface area contributed by atoms with Crippen molar-refractivity contribution in [1.29, 1.82) is 0 Å². The van der Waals surface area contributed by atoms with Gasteiger partial charge in [0, 0.05) is 24.1 Å². The van der Waals surface area contributed by atoms with E-state index in [9.17, 15) is 5.11 Å². The number of benzene rings is 3. The van der Waals surface area contributed by atoms with Crippen molar-refractivity contribution in [2.45, 2.75) is 45.7 Å². The van der Waals surface area contributed by atoms with Crippen LogP contribution >= 0.6 is 15.9 Å². The number of aromatic hydroxyl groups is 1. The minimum absolute atomic E-state index is 0.153. The maximum atomic E-state index is 10.2. The standard InChI is InChI=1S/C27H32BrNO2/c1-27(2,3)23-10-5-21(6-11-23)18-29(16-15-20-7-12-24(28)13-8-20)19-22-9-14-26(31-4)25(30)17-22/h5-14,17,30H,15-16,18-19H2,1-4H3. The zero-order valence-corrected chi connectivity index (χ0v) is 20.4. The number of methoxy groups -OCH3 is 1. The first kappa shape index (κ1) is 23.4. The molecule has 0 amide bonds. The zero-order chi connectivity index (χ0) is 22.4. The number of hydrogen-bond donors (Lipinski definition) is 1. The van der Waals surface area contributed by atoms with Gasteiger partial charge in [-0.05, 0) is 58.4 Å². The van der Waals surface area contributed by atoms with Crippen LogP contribution in [0.15, 0.2) is 71.2 Å². The molecule has 0 fully saturated rings. The fourth-order valence-corrected chi connectivity index (χ4v) is 3.88. The van der Waals surface area contributed by atoms with E-state index in [1.54, 1.807) is 13.2 Å². The quantitative estimate of drug-likeness (QED) is 0.388. The van der Waals surface area contributed by atoms with E-state index < -0.39 is 0 Å². The normalized spacial score (nSPS) is 11.7. The Bertz CT molecular complexity index is 976. The lowest BCUT2D eigenvalue weighted by Gasteiger charge is -2.24. The van der Waals surface area contributed by atoms with Gasteiger partial charge in [0.05, 0.1) is 7.11 Å². The number of phenolic OH excluding ortho intramolecular Hbond substituents is 1. The Kier molecular flexibility index (Phi) is 7.79. The highest BCUT2D eigenvalue weighted by Crippen LogP contribution is 2.27. The molecule has 0 unspecified atom stereocenters. The van der Waals surface area contributed by atoms with E-state index in [1.807, 2.05) is 12.1 Å². The first-order valence-corrected chi connectivity index (χ1v) is 11.5. The summed E-state index contributed by atoms with van der Waals surface area (Å²) < 4.78 is 6.28. The summed E-state index contributed by atoms with van der Waals surface area (Å²) >= 11 is 3.51. The number of rotatable bonds is 8. The van der Waals surface area contributed by atoms with Gasteiger partial charge in [-0.2, -0.15) is 0 Å². The van der Waals surface area contributed by atoms with E-state index in [1.165, 1.54) is 16.7 Å². The molecule has 0 aliphatic carbocycles. The van der Waals surface area contributed by atoms with Crippen LogP contribution in [0.3, 0.4) is 0 Å². The molecule has 0 saturated heterocycles. The molecule has 0 radical (unpaired) electrons. The molecular formula is C27H32BrNO2. The van der Waals surface area contributed by atoms with Crippen molar-refractivity contribution in [1.82, 2.24) is 4.90 Å². The van der Waals surface area contributed by atoms with Crippen LogP contribution in [-0.2, 0) is 24.9 Å². The number of halogens is 1. The Balaban J connectivity index is 1.75. The van der Waals surface area contributed by atoms with Crippen molar-refractivity contribution in [3.63, 3.8) is 0 Å². The van der Waals surface area contributed by atoms with Crippen LogP contribution < -0.4 is 4.74 Å². The molecule has 0 saturated carbocycles. The molecule has 0 aliphatic heterocycles. The molecule has 3 nitrogen and oxygen atoms in total. The predicted octanol–water partition coefficient (Wildman–Crippen LogP) is 6.71. The first-order chi connectivity index (χ1) is 14.7. The van der Waals surface area contributed by atoms with Gasteiger partial charge in [-0.15, -0.1) is 0 Å². The Morgan fingerprint density at radius 1 is 0.839 bits per heavy atom. The third-order valence-corrected chi connectivity index (χ3v) is 6.03. The average molecular weight is 482 g/mol. The van der Waals surface area contributed by atoms with Crippen molar-refractivity contribution in [2.24, 2.45) is 0 Å². The van der Waals surface area contributed by atoms with Gasteiger partial charge in [0.1, 0.15) is 0 Å². The lowest BCUT2D eigenvalue weighted by Crippen LogP contribution is -2.25. The third-order valence-electron chi connectivity index (χ3n) is 5.51. The topological polar surface area (TPSA) is 32.7 Å². The number of nitrogens with zero attached hydrogens (tertiary/aromatic N) is 1. The van der Waals surface area contributed by atoms with Crippen LogP contribution in [0.4, 0.5) is 0 Å². The molecule has 0 bridgehead atoms. The van der Waals surface area contributed by atoms with E-state index >= 15 is 0 Å². The van der Waals surface area contributed by atoms with E-state index in [4.69, 9.17) is 4.74 Å². The Morgan fingerprint density at radius 2 is 1.42 bits per heavy atom. The molecule has 1 N–H and O–H groups in total. The number of phenols is 1. The monoisotopic (exact) mass is 481 g/mol. The van der Waals surface area contributed by atoms with Crippen molar-refractivity contribution in [2.75, 3.05) is 13.7 Å². The first-order valence-electron chi connectivity index (χ1n) is 10.7. The van der Waals surface area contributed by atoms with Gasteiger partial charge in [0.2, 0.25) is 0 Å². The fraction of sp³-hybridized carbons (Fsp3) is 0.333. The van der Waals surface area contributed by atoms with Crippen LogP contribution in [0, 0.1) is 0 Å². The lowest BCUT2D eigenvalue weighted by molar-refractivity contribution is 0.259. The zero-order valence-electron chi connectivity index (χ0n) is 18.9. The van der Waals surface area contributed by atoms with E-state index in [2.05, 4.69) is 90.1 Å². The summed E-state index contributed by atoms with van der Waals surface area (Å²) in [6.07, 6.45) is 0.968. The Labute approximate surface area is 194 Å². The highest BCUT2D eigenvalue weighted by Gasteiger charge is 2.14. The predicted molar refractivity (Wildman–Crippen MR) is 132 cm³/mol. The summed E-state index contributed by atoms with van der Waals surface area (Å²) in [6.45, 7) is 9.26. The second-order valence-corrected chi connectivity index (χ2v) is 9.96. The van der Waals surface area contributed by atoms with Gasteiger partial charge >= 0.3 is 0 Å². The summed E-state index contributed by atoms with van der Waals surface area (Å²) in [7, 11) is 1.57. The summed E-state index contributed by atoms with van der Waals surface area (Å²) in [4.78, 5) is 2.43. The van der Waals surface area contributed by atoms with Crippen molar-refractivity contribution < 1.29 is 9.84 Å². The smallest absolute Gasteiger partial charge is 0.160 e. The molecular weight excluding hydrogens is 450 g/mol. The summed E-state index contributed by atoms with van der Waals surface area (Å²) in [5.74, 6) is 0.685. The van der Waals surface area contributed by atoms with Crippen LogP contribution in [0.2, 0.25) is 0 Å². The molecule has 0 aromatic heterocycles. The molecule has 3 aromatic rings.